The lowest BCUT2D eigenvalue weighted by Crippen LogP contribution is -2.35. The van der Waals surface area contributed by atoms with Gasteiger partial charge in [0.25, 0.3) is 0 Å². The van der Waals surface area contributed by atoms with Crippen molar-refractivity contribution in [3.63, 3.8) is 0 Å². The Morgan fingerprint density at radius 1 is 1.21 bits per heavy atom. The molecule has 0 aliphatic rings. The molecule has 1 heterocycles. The summed E-state index contributed by atoms with van der Waals surface area (Å²) < 4.78 is 37.0. The molecule has 0 amide bonds. The number of alkyl halides is 3. The van der Waals surface area contributed by atoms with E-state index in [0.717, 1.165) is 0 Å². The zero-order valence-corrected chi connectivity index (χ0v) is 12.1. The predicted molar refractivity (Wildman–Crippen MR) is 68.7 cm³/mol. The molecule has 0 spiro atoms. The Kier molecular flexibility index (Phi) is 5.82. The van der Waals surface area contributed by atoms with E-state index in [9.17, 15) is 13.2 Å². The van der Waals surface area contributed by atoms with E-state index in [2.05, 4.69) is 9.97 Å². The van der Waals surface area contributed by atoms with Crippen LogP contribution in [0.5, 0.6) is 0 Å². The summed E-state index contributed by atoms with van der Waals surface area (Å²) in [5, 5.41) is 0.231. The van der Waals surface area contributed by atoms with E-state index >= 15 is 0 Å². The topological polar surface area (TPSA) is 29.0 Å². The van der Waals surface area contributed by atoms with E-state index in [1.165, 1.54) is 4.90 Å². The lowest BCUT2D eigenvalue weighted by Gasteiger charge is -2.22. The van der Waals surface area contributed by atoms with Gasteiger partial charge in [-0.3, -0.25) is 4.90 Å². The molecule has 19 heavy (non-hydrogen) atoms. The van der Waals surface area contributed by atoms with Crippen LogP contribution in [0.25, 0.3) is 0 Å². The van der Waals surface area contributed by atoms with Crippen molar-refractivity contribution in [1.29, 1.82) is 0 Å². The maximum Gasteiger partial charge on any atom is 0.401 e. The standard InChI is InChI=1S/C11H14Cl2F3N3/c1-3-19(6-11(14,15)16)5-4-8-7(2)17-10(13)18-9(8)12/h3-6H2,1-2H3. The molecule has 0 radical (unpaired) electrons. The van der Waals surface area contributed by atoms with Crippen LogP contribution in [-0.4, -0.2) is 40.7 Å². The fourth-order valence-corrected chi connectivity index (χ4v) is 2.25. The molecule has 0 saturated heterocycles. The first-order chi connectivity index (χ1) is 8.73. The molecule has 0 atom stereocenters. The maximum absolute atomic E-state index is 12.3. The molecule has 0 saturated carbocycles. The van der Waals surface area contributed by atoms with Crippen molar-refractivity contribution < 1.29 is 13.2 Å². The molecule has 3 nitrogen and oxygen atoms in total. The third-order valence-electron chi connectivity index (χ3n) is 2.66. The Morgan fingerprint density at radius 3 is 2.32 bits per heavy atom. The van der Waals surface area contributed by atoms with E-state index in [1.807, 2.05) is 0 Å². The normalized spacial score (nSPS) is 12.2. The van der Waals surface area contributed by atoms with Crippen LogP contribution in [-0.2, 0) is 6.42 Å². The smallest absolute Gasteiger partial charge is 0.295 e. The molecule has 0 aromatic carbocycles. The number of aromatic nitrogens is 2. The average molecular weight is 316 g/mol. The highest BCUT2D eigenvalue weighted by molar-refractivity contribution is 6.32. The first-order valence-corrected chi connectivity index (χ1v) is 6.46. The molecule has 108 valence electrons. The summed E-state index contributed by atoms with van der Waals surface area (Å²) in [6.07, 6.45) is -3.85. The van der Waals surface area contributed by atoms with Gasteiger partial charge in [-0.05, 0) is 31.5 Å². The minimum atomic E-state index is -4.20. The highest BCUT2D eigenvalue weighted by atomic mass is 35.5. The van der Waals surface area contributed by atoms with Crippen molar-refractivity contribution in [1.82, 2.24) is 14.9 Å². The summed E-state index contributed by atoms with van der Waals surface area (Å²) in [5.74, 6) is 0. The SMILES string of the molecule is CCN(CCc1c(C)nc(Cl)nc1Cl)CC(F)(F)F. The van der Waals surface area contributed by atoms with E-state index < -0.39 is 12.7 Å². The van der Waals surface area contributed by atoms with E-state index in [4.69, 9.17) is 23.2 Å². The summed E-state index contributed by atoms with van der Waals surface area (Å²) in [6.45, 7) is 2.99. The number of halogens is 5. The van der Waals surface area contributed by atoms with Gasteiger partial charge in [-0.25, -0.2) is 9.97 Å². The number of rotatable bonds is 5. The largest absolute Gasteiger partial charge is 0.401 e. The minimum absolute atomic E-state index is 0.0360. The zero-order chi connectivity index (χ0) is 14.6. The van der Waals surface area contributed by atoms with Gasteiger partial charge in [-0.2, -0.15) is 13.2 Å². The Morgan fingerprint density at radius 2 is 1.84 bits per heavy atom. The number of aryl methyl sites for hydroxylation is 1. The maximum atomic E-state index is 12.3. The van der Waals surface area contributed by atoms with Gasteiger partial charge in [-0.15, -0.1) is 0 Å². The third-order valence-corrected chi connectivity index (χ3v) is 3.15. The van der Waals surface area contributed by atoms with Crippen LogP contribution in [0, 0.1) is 6.92 Å². The van der Waals surface area contributed by atoms with E-state index in [-0.39, 0.29) is 17.0 Å². The first kappa shape index (κ1) is 16.5. The van der Waals surface area contributed by atoms with Crippen molar-refractivity contribution in [2.24, 2.45) is 0 Å². The van der Waals surface area contributed by atoms with Crippen molar-refractivity contribution >= 4 is 23.2 Å². The van der Waals surface area contributed by atoms with Crippen LogP contribution >= 0.6 is 23.2 Å². The highest BCUT2D eigenvalue weighted by Crippen LogP contribution is 2.20. The molecule has 0 N–H and O–H groups in total. The number of likely N-dealkylation sites (N-methyl/N-ethyl adjacent to an activating group) is 1. The van der Waals surface area contributed by atoms with Crippen LogP contribution in [0.4, 0.5) is 13.2 Å². The molecule has 0 aliphatic carbocycles. The van der Waals surface area contributed by atoms with Gasteiger partial charge in [0.1, 0.15) is 5.15 Å². The summed E-state index contributed by atoms with van der Waals surface area (Å²) in [6, 6.07) is 0. The van der Waals surface area contributed by atoms with Gasteiger partial charge in [0, 0.05) is 17.8 Å². The van der Waals surface area contributed by atoms with Crippen molar-refractivity contribution in [2.75, 3.05) is 19.6 Å². The molecule has 1 rings (SSSR count). The summed E-state index contributed by atoms with van der Waals surface area (Å²) in [5.41, 5.74) is 1.22. The number of hydrogen-bond donors (Lipinski definition) is 0. The molecule has 1 aromatic heterocycles. The first-order valence-electron chi connectivity index (χ1n) is 5.70. The zero-order valence-electron chi connectivity index (χ0n) is 10.6. The second-order valence-corrected chi connectivity index (χ2v) is 4.78. The molecule has 8 heteroatoms. The van der Waals surface area contributed by atoms with Gasteiger partial charge >= 0.3 is 6.18 Å². The lowest BCUT2D eigenvalue weighted by molar-refractivity contribution is -0.145. The Bertz CT molecular complexity index is 415. The fourth-order valence-electron chi connectivity index (χ4n) is 1.69. The van der Waals surface area contributed by atoms with Gasteiger partial charge in [-0.1, -0.05) is 18.5 Å². The third kappa shape index (κ3) is 5.50. The predicted octanol–water partition coefficient (Wildman–Crippen LogP) is 3.52. The second kappa shape index (κ2) is 6.72. The fraction of sp³-hybridized carbons (Fsp3) is 0.636. The van der Waals surface area contributed by atoms with Crippen LogP contribution in [0.1, 0.15) is 18.2 Å². The number of nitrogens with zero attached hydrogens (tertiary/aromatic N) is 3. The van der Waals surface area contributed by atoms with Crippen LogP contribution in [0.15, 0.2) is 0 Å². The highest BCUT2D eigenvalue weighted by Gasteiger charge is 2.30. The lowest BCUT2D eigenvalue weighted by atomic mass is 10.1. The second-order valence-electron chi connectivity index (χ2n) is 4.08. The van der Waals surface area contributed by atoms with Crippen molar-refractivity contribution in [2.45, 2.75) is 26.4 Å². The van der Waals surface area contributed by atoms with Gasteiger partial charge in [0.2, 0.25) is 5.28 Å². The number of hydrogen-bond acceptors (Lipinski definition) is 3. The van der Waals surface area contributed by atoms with Crippen LogP contribution in [0.3, 0.4) is 0 Å². The van der Waals surface area contributed by atoms with Gasteiger partial charge < -0.3 is 0 Å². The molecule has 0 fully saturated rings. The molecule has 0 unspecified atom stereocenters. The quantitative estimate of drug-likeness (QED) is 0.615. The van der Waals surface area contributed by atoms with Gasteiger partial charge in [0.05, 0.1) is 6.54 Å². The van der Waals surface area contributed by atoms with Crippen LogP contribution in [0.2, 0.25) is 10.4 Å². The molecule has 0 bridgehead atoms. The average Bonchev–Trinajstić information content (AvgIpc) is 2.24. The molecule has 1 aromatic rings. The Hall–Kier alpha value is -0.590. The molecule has 0 aliphatic heterocycles. The summed E-state index contributed by atoms with van der Waals surface area (Å²) >= 11 is 11.6. The Labute approximate surface area is 119 Å². The van der Waals surface area contributed by atoms with E-state index in [1.54, 1.807) is 13.8 Å². The van der Waals surface area contributed by atoms with E-state index in [0.29, 0.717) is 24.2 Å². The molecular weight excluding hydrogens is 302 g/mol. The van der Waals surface area contributed by atoms with Crippen LogP contribution < -0.4 is 0 Å². The monoisotopic (exact) mass is 315 g/mol. The summed E-state index contributed by atoms with van der Waals surface area (Å²) in [7, 11) is 0. The summed E-state index contributed by atoms with van der Waals surface area (Å²) in [4.78, 5) is 9.03. The molecular formula is C11H14Cl2F3N3. The van der Waals surface area contributed by atoms with Crippen molar-refractivity contribution in [3.8, 4) is 0 Å². The van der Waals surface area contributed by atoms with Crippen molar-refractivity contribution in [3.05, 3.63) is 21.7 Å². The van der Waals surface area contributed by atoms with Gasteiger partial charge in [0.15, 0.2) is 0 Å². The minimum Gasteiger partial charge on any atom is -0.295 e. The Balaban J connectivity index is 2.70.